The first-order valence-corrected chi connectivity index (χ1v) is 18.3. The number of carbonyl (C=O) groups is 3. The van der Waals surface area contributed by atoms with Crippen molar-refractivity contribution in [1.82, 2.24) is 29.4 Å². The summed E-state index contributed by atoms with van der Waals surface area (Å²) in [5, 5.41) is 32.6. The van der Waals surface area contributed by atoms with Crippen LogP contribution in [0.3, 0.4) is 0 Å². The molecule has 0 bridgehead atoms. The van der Waals surface area contributed by atoms with Crippen molar-refractivity contribution in [1.29, 1.82) is 0 Å². The molecule has 1 aliphatic rings. The highest BCUT2D eigenvalue weighted by atomic mass is 16.3. The van der Waals surface area contributed by atoms with Gasteiger partial charge in [0.25, 0.3) is 23.3 Å². The molecule has 6 rings (SSSR count). The van der Waals surface area contributed by atoms with Gasteiger partial charge in [0, 0.05) is 37.1 Å². The number of fused-ring (bicyclic) bond motifs is 1. The Kier molecular flexibility index (Phi) is 11.7. The van der Waals surface area contributed by atoms with Crippen molar-refractivity contribution in [3.05, 3.63) is 129 Å². The monoisotopic (exact) mass is 731 g/mol. The molecule has 54 heavy (non-hydrogen) atoms. The van der Waals surface area contributed by atoms with Crippen molar-refractivity contribution in [2.45, 2.75) is 65.5 Å². The van der Waals surface area contributed by atoms with Gasteiger partial charge in [-0.1, -0.05) is 69.2 Å². The molecule has 3 N–H and O–H groups in total. The molecule has 1 unspecified atom stereocenters. The van der Waals surface area contributed by atoms with Crippen LogP contribution in [0.2, 0.25) is 0 Å². The number of amides is 3. The van der Waals surface area contributed by atoms with E-state index in [0.29, 0.717) is 36.6 Å². The van der Waals surface area contributed by atoms with Crippen molar-refractivity contribution >= 4 is 23.4 Å². The summed E-state index contributed by atoms with van der Waals surface area (Å²) < 4.78 is 2.57. The van der Waals surface area contributed by atoms with Crippen LogP contribution in [0.25, 0.3) is 11.4 Å². The number of aliphatic hydroxyl groups is 1. The first-order valence-electron chi connectivity index (χ1n) is 18.3. The van der Waals surface area contributed by atoms with Crippen LogP contribution >= 0.6 is 0 Å². The summed E-state index contributed by atoms with van der Waals surface area (Å²) in [7, 11) is 0. The maximum Gasteiger partial charge on any atom is 0.279 e. The van der Waals surface area contributed by atoms with Crippen LogP contribution in [0.5, 0.6) is 5.75 Å². The number of unbranched alkanes of at least 4 members (excludes halogenated alkanes) is 2. The Labute approximate surface area is 313 Å². The summed E-state index contributed by atoms with van der Waals surface area (Å²) >= 11 is 0. The molecule has 1 atom stereocenters. The fraction of sp³-hybridized carbons (Fsp3) is 0.317. The van der Waals surface area contributed by atoms with Gasteiger partial charge in [-0.25, -0.2) is 4.68 Å². The molecular weight excluding hydrogens is 686 g/mol. The van der Waals surface area contributed by atoms with Crippen molar-refractivity contribution in [3.8, 4) is 17.1 Å². The van der Waals surface area contributed by atoms with Crippen molar-refractivity contribution < 1.29 is 24.6 Å². The highest BCUT2D eigenvalue weighted by molar-refractivity contribution is 6.06. The third kappa shape index (κ3) is 7.96. The molecule has 0 saturated carbocycles. The number of anilines is 1. The lowest BCUT2D eigenvalue weighted by molar-refractivity contribution is 0.0544. The van der Waals surface area contributed by atoms with E-state index in [9.17, 15) is 29.4 Å². The van der Waals surface area contributed by atoms with Gasteiger partial charge in [0.15, 0.2) is 17.1 Å². The highest BCUT2D eigenvalue weighted by Crippen LogP contribution is 2.29. The number of benzene rings is 3. The molecule has 0 fully saturated rings. The summed E-state index contributed by atoms with van der Waals surface area (Å²) in [6, 6.07) is 23.1. The van der Waals surface area contributed by atoms with Gasteiger partial charge in [-0.05, 0) is 73.7 Å². The summed E-state index contributed by atoms with van der Waals surface area (Å²) in [6.45, 7) is 7.18. The Morgan fingerprint density at radius 3 is 2.24 bits per heavy atom. The van der Waals surface area contributed by atoms with E-state index in [0.717, 1.165) is 47.6 Å². The maximum atomic E-state index is 14.7. The number of hydrogen-bond donors (Lipinski definition) is 3. The molecule has 3 heterocycles. The molecule has 3 aromatic carbocycles. The van der Waals surface area contributed by atoms with Crippen molar-refractivity contribution in [3.63, 3.8) is 0 Å². The molecule has 0 aliphatic carbocycles. The van der Waals surface area contributed by atoms with Crippen LogP contribution in [-0.4, -0.2) is 83.0 Å². The first-order chi connectivity index (χ1) is 26.1. The number of nitrogens with one attached hydrogen (secondary N) is 1. The number of aliphatic hydroxyl groups excluding tert-OH is 1. The number of carbonyl (C=O) groups excluding carboxylic acids is 3. The van der Waals surface area contributed by atoms with Crippen molar-refractivity contribution in [2.24, 2.45) is 0 Å². The van der Waals surface area contributed by atoms with E-state index in [-0.39, 0.29) is 36.0 Å². The zero-order valence-corrected chi connectivity index (χ0v) is 30.7. The molecule has 1 aliphatic heterocycles. The molecule has 0 radical (unpaired) electrons. The average Bonchev–Trinajstić information content (AvgIpc) is 3.58. The Bertz CT molecular complexity index is 2210. The number of aromatic nitrogens is 4. The number of nitrogens with zero attached hydrogens (tertiary/aromatic N) is 6. The minimum absolute atomic E-state index is 0.163. The van der Waals surface area contributed by atoms with Crippen LogP contribution in [0.1, 0.15) is 87.7 Å². The minimum atomic E-state index is -0.814. The van der Waals surface area contributed by atoms with Gasteiger partial charge >= 0.3 is 0 Å². The van der Waals surface area contributed by atoms with Crippen LogP contribution in [0.15, 0.2) is 89.7 Å². The summed E-state index contributed by atoms with van der Waals surface area (Å²) in [4.78, 5) is 58.1. The topological polar surface area (TPSA) is 163 Å². The van der Waals surface area contributed by atoms with Crippen LogP contribution in [0, 0.1) is 6.92 Å². The normalized spacial score (nSPS) is 13.7. The molecule has 13 heteroatoms. The predicted octanol–water partition coefficient (Wildman–Crippen LogP) is 5.29. The van der Waals surface area contributed by atoms with Crippen LogP contribution in [-0.2, 0) is 13.0 Å². The number of hydrogen-bond acceptors (Lipinski definition) is 8. The predicted molar refractivity (Wildman–Crippen MR) is 204 cm³/mol. The largest absolute Gasteiger partial charge is 0.505 e. The standard InChI is InChI=1S/C41H45N7O6/c1-4-6-19-45(20-7-5-2)41(54)34-21-27(3)47(43-34)35-18-17-30(23-33(35)40(53)46-25-29-14-12-11-13-28(29)22-32(46)26-49)42-39(52)38-36(50)24-37(51)48(44-38)31-15-9-8-10-16-31/h8-18,21,23-24,32,49-50H,4-7,19-20,22,25-26H2,1-3H3,(H,42,52). The molecule has 280 valence electrons. The summed E-state index contributed by atoms with van der Waals surface area (Å²) in [5.74, 6) is -2.02. The molecular formula is C41H45N7O6. The molecule has 2 aromatic heterocycles. The van der Waals surface area contributed by atoms with Gasteiger partial charge in [-0.15, -0.1) is 0 Å². The number of para-hydroxylation sites is 1. The molecule has 13 nitrogen and oxygen atoms in total. The number of aryl methyl sites for hydroxylation is 1. The van der Waals surface area contributed by atoms with Crippen LogP contribution in [0.4, 0.5) is 5.69 Å². The summed E-state index contributed by atoms with van der Waals surface area (Å²) in [6.07, 6.45) is 4.08. The van der Waals surface area contributed by atoms with E-state index < -0.39 is 34.9 Å². The Morgan fingerprint density at radius 2 is 1.56 bits per heavy atom. The van der Waals surface area contributed by atoms with Gasteiger partial charge in [0.2, 0.25) is 0 Å². The summed E-state index contributed by atoms with van der Waals surface area (Å²) in [5.41, 5.74) is 3.00. The van der Waals surface area contributed by atoms with Gasteiger partial charge in [-0.3, -0.25) is 19.2 Å². The third-order valence-corrected chi connectivity index (χ3v) is 9.62. The van der Waals surface area contributed by atoms with E-state index in [1.54, 1.807) is 65.0 Å². The Hall–Kier alpha value is -6.08. The molecule has 0 saturated heterocycles. The quantitative estimate of drug-likeness (QED) is 0.147. The molecule has 0 spiro atoms. The third-order valence-electron chi connectivity index (χ3n) is 9.62. The van der Waals surface area contributed by atoms with Crippen LogP contribution < -0.4 is 10.9 Å². The SMILES string of the molecule is CCCCN(CCCC)C(=O)c1cc(C)n(-c2ccc(NC(=O)c3nn(-c4ccccc4)c(=O)cc3O)cc2C(=O)N2Cc3ccccc3CC2CO)n1. The maximum absolute atomic E-state index is 14.7. The van der Waals surface area contributed by atoms with Gasteiger partial charge in [0.1, 0.15) is 0 Å². The van der Waals surface area contributed by atoms with E-state index >= 15 is 0 Å². The van der Waals surface area contributed by atoms with E-state index in [1.807, 2.05) is 29.2 Å². The second kappa shape index (κ2) is 16.7. The van der Waals surface area contributed by atoms with Gasteiger partial charge < -0.3 is 25.3 Å². The van der Waals surface area contributed by atoms with Gasteiger partial charge in [0.05, 0.1) is 29.6 Å². The average molecular weight is 732 g/mol. The lowest BCUT2D eigenvalue weighted by atomic mass is 9.93. The number of aromatic hydroxyl groups is 1. The molecule has 5 aromatic rings. The Morgan fingerprint density at radius 1 is 0.870 bits per heavy atom. The van der Waals surface area contributed by atoms with Crippen molar-refractivity contribution in [2.75, 3.05) is 25.0 Å². The fourth-order valence-electron chi connectivity index (χ4n) is 6.66. The highest BCUT2D eigenvalue weighted by Gasteiger charge is 2.32. The fourth-order valence-corrected chi connectivity index (χ4v) is 6.66. The van der Waals surface area contributed by atoms with E-state index in [2.05, 4.69) is 24.3 Å². The van der Waals surface area contributed by atoms with E-state index in [4.69, 9.17) is 5.10 Å². The zero-order valence-electron chi connectivity index (χ0n) is 30.7. The number of rotatable bonds is 13. The smallest absolute Gasteiger partial charge is 0.279 e. The molecule has 3 amide bonds. The second-order valence-electron chi connectivity index (χ2n) is 13.5. The lowest BCUT2D eigenvalue weighted by Gasteiger charge is -2.36. The Balaban J connectivity index is 1.39. The minimum Gasteiger partial charge on any atom is -0.505 e. The zero-order chi connectivity index (χ0) is 38.4. The van der Waals surface area contributed by atoms with Gasteiger partial charge in [-0.2, -0.15) is 14.9 Å². The lowest BCUT2D eigenvalue weighted by Crippen LogP contribution is -2.46. The van der Waals surface area contributed by atoms with E-state index in [1.165, 1.54) is 6.07 Å². The second-order valence-corrected chi connectivity index (χ2v) is 13.5. The first kappa shape index (κ1) is 37.7.